The first kappa shape index (κ1) is 16.8. The molecule has 0 fully saturated rings. The van der Waals surface area contributed by atoms with Crippen LogP contribution in [0.15, 0.2) is 45.8 Å². The largest absolute Gasteiger partial charge is 0.477 e. The number of carboxylic acid groups (broad SMARTS) is 1. The molecule has 8 heteroatoms. The van der Waals surface area contributed by atoms with Gasteiger partial charge in [-0.3, -0.25) is 5.10 Å². The van der Waals surface area contributed by atoms with Crippen LogP contribution in [0, 0.1) is 6.92 Å². The number of nitrogens with zero attached hydrogens (tertiary/aromatic N) is 2. The number of hydrogen-bond acceptors (Lipinski definition) is 5. The molecule has 0 aliphatic carbocycles. The van der Waals surface area contributed by atoms with E-state index in [-0.39, 0.29) is 4.91 Å². The Morgan fingerprint density at radius 2 is 2.08 bits per heavy atom. The van der Waals surface area contributed by atoms with Crippen molar-refractivity contribution < 1.29 is 9.90 Å². The van der Waals surface area contributed by atoms with Crippen LogP contribution in [0.3, 0.4) is 0 Å². The molecule has 1 aromatic carbocycles. The monoisotopic (exact) mass is 377 g/mol. The number of rotatable bonds is 5. The predicted molar refractivity (Wildman–Crippen MR) is 97.4 cm³/mol. The van der Waals surface area contributed by atoms with Crippen molar-refractivity contribution in [2.45, 2.75) is 12.1 Å². The van der Waals surface area contributed by atoms with Gasteiger partial charge in [-0.2, -0.15) is 0 Å². The molecular formula is C16H12ClN3O2S2. The number of halogens is 1. The molecule has 2 N–H and O–H groups in total. The minimum absolute atomic E-state index is 0.169. The van der Waals surface area contributed by atoms with Crippen LogP contribution in [0.4, 0.5) is 0 Å². The fourth-order valence-electron chi connectivity index (χ4n) is 1.91. The van der Waals surface area contributed by atoms with Crippen molar-refractivity contribution in [1.29, 1.82) is 0 Å². The van der Waals surface area contributed by atoms with Crippen molar-refractivity contribution >= 4 is 46.7 Å². The molecule has 2 aromatic heterocycles. The zero-order chi connectivity index (χ0) is 17.1. The molecule has 0 spiro atoms. The zero-order valence-electron chi connectivity index (χ0n) is 12.5. The Morgan fingerprint density at radius 3 is 2.71 bits per heavy atom. The normalized spacial score (nSPS) is 11.7. The molecule has 0 saturated carbocycles. The Kier molecular flexibility index (Phi) is 5.03. The number of thiophene rings is 1. The highest BCUT2D eigenvalue weighted by Gasteiger charge is 2.15. The topological polar surface area (TPSA) is 78.9 Å². The van der Waals surface area contributed by atoms with Crippen LogP contribution in [0.25, 0.3) is 17.5 Å². The lowest BCUT2D eigenvalue weighted by Gasteiger charge is -1.98. The van der Waals surface area contributed by atoms with E-state index >= 15 is 0 Å². The molecule has 5 nitrogen and oxygen atoms in total. The summed E-state index contributed by atoms with van der Waals surface area (Å²) >= 11 is 8.37. The fourth-order valence-corrected chi connectivity index (χ4v) is 3.66. The first-order chi connectivity index (χ1) is 11.5. The Morgan fingerprint density at radius 1 is 1.33 bits per heavy atom. The summed E-state index contributed by atoms with van der Waals surface area (Å²) in [7, 11) is 0. The van der Waals surface area contributed by atoms with Gasteiger partial charge in [-0.1, -0.05) is 11.6 Å². The number of benzene rings is 1. The summed E-state index contributed by atoms with van der Waals surface area (Å²) in [5.41, 5.74) is 1.87. The second-order valence-electron chi connectivity index (χ2n) is 4.86. The molecule has 24 heavy (non-hydrogen) atoms. The first-order valence-corrected chi connectivity index (χ1v) is 8.95. The van der Waals surface area contributed by atoms with Crippen LogP contribution < -0.4 is 0 Å². The molecule has 0 amide bonds. The van der Waals surface area contributed by atoms with E-state index < -0.39 is 5.97 Å². The smallest absolute Gasteiger partial charge is 0.342 e. The van der Waals surface area contributed by atoms with Crippen molar-refractivity contribution in [3.05, 3.63) is 56.1 Å². The summed E-state index contributed by atoms with van der Waals surface area (Å²) in [6.07, 6.45) is 1.64. The Bertz CT molecular complexity index is 900. The lowest BCUT2D eigenvalue weighted by molar-refractivity contribution is -0.131. The quantitative estimate of drug-likeness (QED) is 0.497. The van der Waals surface area contributed by atoms with Crippen LogP contribution in [0.5, 0.6) is 0 Å². The lowest BCUT2D eigenvalue weighted by Crippen LogP contribution is -1.97. The maximum absolute atomic E-state index is 11.5. The second-order valence-corrected chi connectivity index (χ2v) is 7.25. The minimum Gasteiger partial charge on any atom is -0.477 e. The van der Waals surface area contributed by atoms with E-state index in [1.54, 1.807) is 18.2 Å². The van der Waals surface area contributed by atoms with E-state index in [2.05, 4.69) is 15.2 Å². The highest BCUT2D eigenvalue weighted by atomic mass is 35.5. The third-order valence-corrected chi connectivity index (χ3v) is 5.25. The molecular weight excluding hydrogens is 366 g/mol. The number of aliphatic carboxylic acids is 1. The summed E-state index contributed by atoms with van der Waals surface area (Å²) in [5, 5.41) is 19.2. The van der Waals surface area contributed by atoms with Crippen molar-refractivity contribution in [1.82, 2.24) is 15.2 Å². The van der Waals surface area contributed by atoms with E-state index in [4.69, 9.17) is 11.6 Å². The number of aromatic nitrogens is 3. The van der Waals surface area contributed by atoms with Crippen molar-refractivity contribution in [3.63, 3.8) is 0 Å². The average Bonchev–Trinajstić information content (AvgIpc) is 3.17. The van der Waals surface area contributed by atoms with E-state index in [1.165, 1.54) is 11.3 Å². The first-order valence-electron chi connectivity index (χ1n) is 6.88. The van der Waals surface area contributed by atoms with Crippen LogP contribution in [-0.4, -0.2) is 26.3 Å². The predicted octanol–water partition coefficient (Wildman–Crippen LogP) is 4.71. The summed E-state index contributed by atoms with van der Waals surface area (Å²) in [6.45, 7) is 1.94. The lowest BCUT2D eigenvalue weighted by atomic mass is 10.2. The van der Waals surface area contributed by atoms with E-state index in [9.17, 15) is 9.90 Å². The standard InChI is InChI=1S/C16H12ClN3O2S2/c1-9-6-7-23-12(9)8-13(15(21)22)24-16-18-14(19-20-16)10-2-4-11(17)5-3-10/h2-8H,1H3,(H,21,22)(H,18,19,20)/b13-8-. The molecule has 0 bridgehead atoms. The van der Waals surface area contributed by atoms with Crippen LogP contribution in [0.1, 0.15) is 10.4 Å². The van der Waals surface area contributed by atoms with Gasteiger partial charge in [0.15, 0.2) is 5.82 Å². The maximum Gasteiger partial charge on any atom is 0.342 e. The SMILES string of the molecule is Cc1ccsc1/C=C(\Sc1n[nH]c(-c2ccc(Cl)cc2)n1)C(=O)O. The number of H-pyrrole nitrogens is 1. The van der Waals surface area contributed by atoms with E-state index in [1.807, 2.05) is 30.5 Å². The molecule has 0 atom stereocenters. The van der Waals surface area contributed by atoms with E-state index in [0.29, 0.717) is 16.0 Å². The summed E-state index contributed by atoms with van der Waals surface area (Å²) in [4.78, 5) is 16.9. The number of aryl methyl sites for hydroxylation is 1. The van der Waals surface area contributed by atoms with Crippen molar-refractivity contribution in [3.8, 4) is 11.4 Å². The Labute approximate surface area is 151 Å². The number of carboxylic acids is 1. The molecule has 3 aromatic rings. The van der Waals surface area contributed by atoms with Crippen LogP contribution in [0.2, 0.25) is 5.02 Å². The molecule has 0 radical (unpaired) electrons. The highest BCUT2D eigenvalue weighted by molar-refractivity contribution is 8.04. The molecule has 2 heterocycles. The van der Waals surface area contributed by atoms with Crippen molar-refractivity contribution in [2.24, 2.45) is 0 Å². The average molecular weight is 378 g/mol. The van der Waals surface area contributed by atoms with Gasteiger partial charge in [0.05, 0.1) is 0 Å². The molecule has 122 valence electrons. The number of nitrogens with one attached hydrogen (secondary N) is 1. The van der Waals surface area contributed by atoms with Gasteiger partial charge in [0.25, 0.3) is 0 Å². The van der Waals surface area contributed by atoms with Gasteiger partial charge < -0.3 is 5.11 Å². The second kappa shape index (κ2) is 7.21. The van der Waals surface area contributed by atoms with Gasteiger partial charge in [0.1, 0.15) is 4.91 Å². The highest BCUT2D eigenvalue weighted by Crippen LogP contribution is 2.29. The number of aromatic amines is 1. The summed E-state index contributed by atoms with van der Waals surface area (Å²) in [5.74, 6) is -0.447. The Hall–Kier alpha value is -2.09. The van der Waals surface area contributed by atoms with Gasteiger partial charge in [0, 0.05) is 15.5 Å². The van der Waals surface area contributed by atoms with Gasteiger partial charge >= 0.3 is 5.97 Å². The molecule has 3 rings (SSSR count). The van der Waals surface area contributed by atoms with Gasteiger partial charge in [-0.15, -0.1) is 16.4 Å². The van der Waals surface area contributed by atoms with Crippen LogP contribution in [-0.2, 0) is 4.79 Å². The van der Waals surface area contributed by atoms with Gasteiger partial charge in [-0.05, 0) is 66.0 Å². The Balaban J connectivity index is 1.84. The maximum atomic E-state index is 11.5. The number of hydrogen-bond donors (Lipinski definition) is 2. The van der Waals surface area contributed by atoms with Gasteiger partial charge in [-0.25, -0.2) is 9.78 Å². The summed E-state index contributed by atoms with van der Waals surface area (Å²) < 4.78 is 0. The molecule has 0 saturated heterocycles. The number of carbonyl (C=O) groups is 1. The molecule has 0 aliphatic rings. The fraction of sp³-hybridized carbons (Fsp3) is 0.0625. The molecule has 0 unspecified atom stereocenters. The van der Waals surface area contributed by atoms with Gasteiger partial charge in [0.2, 0.25) is 5.16 Å². The van der Waals surface area contributed by atoms with E-state index in [0.717, 1.165) is 27.8 Å². The third-order valence-electron chi connectivity index (χ3n) is 3.16. The molecule has 0 aliphatic heterocycles. The van der Waals surface area contributed by atoms with Crippen molar-refractivity contribution in [2.75, 3.05) is 0 Å². The number of thioether (sulfide) groups is 1. The van der Waals surface area contributed by atoms with Crippen LogP contribution >= 0.6 is 34.7 Å². The minimum atomic E-state index is -1.01. The third kappa shape index (κ3) is 3.87. The summed E-state index contributed by atoms with van der Waals surface area (Å²) in [6, 6.07) is 9.11. The zero-order valence-corrected chi connectivity index (χ0v) is 14.9.